The smallest absolute Gasteiger partial charge is 0.116 e. The summed E-state index contributed by atoms with van der Waals surface area (Å²) in [6.45, 7) is 2.01. The van der Waals surface area contributed by atoms with Gasteiger partial charge in [0.15, 0.2) is 0 Å². The molecule has 0 saturated heterocycles. The van der Waals surface area contributed by atoms with Gasteiger partial charge in [-0.1, -0.05) is 0 Å². The fraction of sp³-hybridized carbons (Fsp3) is 0.100. The average Bonchev–Trinajstić information content (AvgIpc) is 2.24. The summed E-state index contributed by atoms with van der Waals surface area (Å²) in [5, 5.41) is 1.81. The molecule has 0 atom stereocenters. The summed E-state index contributed by atoms with van der Waals surface area (Å²) < 4.78 is 0.992. The van der Waals surface area contributed by atoms with Crippen LogP contribution < -0.4 is 0 Å². The van der Waals surface area contributed by atoms with Crippen LogP contribution in [-0.4, -0.2) is 15.0 Å². The highest BCUT2D eigenvalue weighted by molar-refractivity contribution is 9.10. The van der Waals surface area contributed by atoms with E-state index in [0.717, 1.165) is 20.1 Å². The zero-order valence-electron chi connectivity index (χ0n) is 8.01. The van der Waals surface area contributed by atoms with Crippen LogP contribution in [0.25, 0.3) is 0 Å². The quantitative estimate of drug-likeness (QED) is 0.793. The Morgan fingerprint density at radius 3 is 2.87 bits per heavy atom. The first-order valence-electron chi connectivity index (χ1n) is 4.32. The van der Waals surface area contributed by atoms with Gasteiger partial charge in [0.05, 0.1) is 4.47 Å². The van der Waals surface area contributed by atoms with Gasteiger partial charge in [-0.25, -0.2) is 15.0 Å². The van der Waals surface area contributed by atoms with Crippen LogP contribution in [0.15, 0.2) is 45.4 Å². The van der Waals surface area contributed by atoms with Crippen LogP contribution in [0.2, 0.25) is 0 Å². The maximum absolute atomic E-state index is 4.33. The number of aromatic nitrogens is 3. The van der Waals surface area contributed by atoms with Crippen molar-refractivity contribution in [1.29, 1.82) is 0 Å². The standard InChI is InChI=1S/C10H8BrN3S/c1-7-4-8(11)10(13-5-7)15-9-2-3-12-6-14-9/h2-6H,1H3. The topological polar surface area (TPSA) is 38.7 Å². The summed E-state index contributed by atoms with van der Waals surface area (Å²) in [5.74, 6) is 0. The molecule has 2 heterocycles. The van der Waals surface area contributed by atoms with Crippen molar-refractivity contribution >= 4 is 27.7 Å². The Labute approximate surface area is 101 Å². The summed E-state index contributed by atoms with van der Waals surface area (Å²) in [5.41, 5.74) is 1.13. The second-order valence-corrected chi connectivity index (χ2v) is 4.81. The van der Waals surface area contributed by atoms with Gasteiger partial charge in [0.25, 0.3) is 0 Å². The third-order valence-corrected chi connectivity index (χ3v) is 3.54. The van der Waals surface area contributed by atoms with Crippen molar-refractivity contribution in [2.24, 2.45) is 0 Å². The Bertz CT molecular complexity index is 461. The third-order valence-electron chi connectivity index (χ3n) is 1.70. The third kappa shape index (κ3) is 2.76. The van der Waals surface area contributed by atoms with Crippen molar-refractivity contribution in [3.05, 3.63) is 40.9 Å². The van der Waals surface area contributed by atoms with Gasteiger partial charge in [0, 0.05) is 12.4 Å². The molecule has 2 aromatic heterocycles. The minimum atomic E-state index is 0.891. The van der Waals surface area contributed by atoms with Crippen LogP contribution in [0.4, 0.5) is 0 Å². The fourth-order valence-electron chi connectivity index (χ4n) is 1.03. The minimum absolute atomic E-state index is 0.891. The normalized spacial score (nSPS) is 10.3. The lowest BCUT2D eigenvalue weighted by molar-refractivity contribution is 1.03. The van der Waals surface area contributed by atoms with Crippen molar-refractivity contribution in [2.75, 3.05) is 0 Å². The minimum Gasteiger partial charge on any atom is -0.248 e. The molecule has 0 amide bonds. The van der Waals surface area contributed by atoms with Gasteiger partial charge in [0.1, 0.15) is 16.4 Å². The molecule has 0 spiro atoms. The molecule has 76 valence electrons. The molecule has 15 heavy (non-hydrogen) atoms. The molecule has 0 unspecified atom stereocenters. The molecule has 5 heteroatoms. The molecule has 2 rings (SSSR count). The van der Waals surface area contributed by atoms with E-state index < -0.39 is 0 Å². The van der Waals surface area contributed by atoms with Gasteiger partial charge < -0.3 is 0 Å². The lowest BCUT2D eigenvalue weighted by Crippen LogP contribution is -1.86. The first-order valence-corrected chi connectivity index (χ1v) is 5.92. The summed E-state index contributed by atoms with van der Waals surface area (Å²) >= 11 is 4.99. The summed E-state index contributed by atoms with van der Waals surface area (Å²) in [6.07, 6.45) is 5.09. The first-order chi connectivity index (χ1) is 7.25. The van der Waals surface area contributed by atoms with Crippen molar-refractivity contribution < 1.29 is 0 Å². The van der Waals surface area contributed by atoms with E-state index in [4.69, 9.17) is 0 Å². The molecule has 0 aliphatic rings. The number of hydrogen-bond acceptors (Lipinski definition) is 4. The van der Waals surface area contributed by atoms with Crippen molar-refractivity contribution in [3.8, 4) is 0 Å². The van der Waals surface area contributed by atoms with E-state index in [9.17, 15) is 0 Å². The zero-order chi connectivity index (χ0) is 10.7. The predicted octanol–water partition coefficient (Wildman–Crippen LogP) is 3.09. The fourth-order valence-corrected chi connectivity index (χ4v) is 2.43. The number of nitrogens with zero attached hydrogens (tertiary/aromatic N) is 3. The van der Waals surface area contributed by atoms with E-state index in [2.05, 4.69) is 30.9 Å². The zero-order valence-corrected chi connectivity index (χ0v) is 10.4. The van der Waals surface area contributed by atoms with E-state index >= 15 is 0 Å². The molecular formula is C10H8BrN3S. The number of halogens is 1. The Kier molecular flexibility index (Phi) is 3.33. The van der Waals surface area contributed by atoms with Gasteiger partial charge in [-0.15, -0.1) is 0 Å². The Balaban J connectivity index is 2.25. The monoisotopic (exact) mass is 281 g/mol. The lowest BCUT2D eigenvalue weighted by Gasteiger charge is -2.02. The highest BCUT2D eigenvalue weighted by Gasteiger charge is 2.04. The highest BCUT2D eigenvalue weighted by Crippen LogP contribution is 2.30. The molecule has 0 bridgehead atoms. The van der Waals surface area contributed by atoms with Crippen molar-refractivity contribution in [2.45, 2.75) is 17.0 Å². The number of aryl methyl sites for hydroxylation is 1. The predicted molar refractivity (Wildman–Crippen MR) is 62.8 cm³/mol. The largest absolute Gasteiger partial charge is 0.248 e. The summed E-state index contributed by atoms with van der Waals surface area (Å²) in [4.78, 5) is 12.3. The summed E-state index contributed by atoms with van der Waals surface area (Å²) in [6, 6.07) is 3.90. The maximum atomic E-state index is 4.33. The van der Waals surface area contributed by atoms with Gasteiger partial charge >= 0.3 is 0 Å². The van der Waals surface area contributed by atoms with Crippen molar-refractivity contribution in [1.82, 2.24) is 15.0 Å². The van der Waals surface area contributed by atoms with E-state index in [-0.39, 0.29) is 0 Å². The van der Waals surface area contributed by atoms with Crippen LogP contribution in [0.3, 0.4) is 0 Å². The molecule has 0 aliphatic heterocycles. The Morgan fingerprint density at radius 2 is 2.20 bits per heavy atom. The molecule has 0 radical (unpaired) electrons. The second kappa shape index (κ2) is 4.72. The van der Waals surface area contributed by atoms with Gasteiger partial charge in [-0.3, -0.25) is 0 Å². The first kappa shape index (κ1) is 10.6. The number of rotatable bonds is 2. The van der Waals surface area contributed by atoms with Crippen LogP contribution in [0.1, 0.15) is 5.56 Å². The van der Waals surface area contributed by atoms with Gasteiger partial charge in [-0.2, -0.15) is 0 Å². The maximum Gasteiger partial charge on any atom is 0.116 e. The molecule has 0 saturated carbocycles. The van der Waals surface area contributed by atoms with E-state index in [1.54, 1.807) is 6.20 Å². The van der Waals surface area contributed by atoms with Crippen LogP contribution >= 0.6 is 27.7 Å². The molecule has 0 aromatic carbocycles. The molecule has 0 aliphatic carbocycles. The van der Waals surface area contributed by atoms with Gasteiger partial charge in [-0.05, 0) is 52.3 Å². The highest BCUT2D eigenvalue weighted by atomic mass is 79.9. The Morgan fingerprint density at radius 1 is 1.33 bits per heavy atom. The van der Waals surface area contributed by atoms with Crippen LogP contribution in [-0.2, 0) is 0 Å². The summed E-state index contributed by atoms with van der Waals surface area (Å²) in [7, 11) is 0. The second-order valence-electron chi connectivity index (χ2n) is 2.95. The SMILES string of the molecule is Cc1cnc(Sc2ccncn2)c(Br)c1. The van der Waals surface area contributed by atoms with E-state index in [0.29, 0.717) is 0 Å². The lowest BCUT2D eigenvalue weighted by atomic mass is 10.3. The van der Waals surface area contributed by atoms with E-state index in [1.807, 2.05) is 25.3 Å². The molecular weight excluding hydrogens is 274 g/mol. The number of hydrogen-bond donors (Lipinski definition) is 0. The number of pyridine rings is 1. The van der Waals surface area contributed by atoms with Crippen LogP contribution in [0, 0.1) is 6.92 Å². The van der Waals surface area contributed by atoms with Gasteiger partial charge in [0.2, 0.25) is 0 Å². The molecule has 3 nitrogen and oxygen atoms in total. The molecule has 2 aromatic rings. The molecule has 0 fully saturated rings. The molecule has 0 N–H and O–H groups in total. The Hall–Kier alpha value is -0.940. The average molecular weight is 282 g/mol. The van der Waals surface area contributed by atoms with Crippen molar-refractivity contribution in [3.63, 3.8) is 0 Å². The van der Waals surface area contributed by atoms with Crippen LogP contribution in [0.5, 0.6) is 0 Å². The van der Waals surface area contributed by atoms with E-state index in [1.165, 1.54) is 18.1 Å².